The van der Waals surface area contributed by atoms with Gasteiger partial charge < -0.3 is 19.6 Å². The summed E-state index contributed by atoms with van der Waals surface area (Å²) in [5, 5.41) is 5.19. The van der Waals surface area contributed by atoms with Crippen LogP contribution in [0.1, 0.15) is 33.1 Å². The molecule has 2 heterocycles. The topological polar surface area (TPSA) is 89.0 Å². The van der Waals surface area contributed by atoms with E-state index in [1.165, 1.54) is 6.07 Å². The summed E-state index contributed by atoms with van der Waals surface area (Å²) in [7, 11) is 1.57. The lowest BCUT2D eigenvalue weighted by Gasteiger charge is -2.20. The number of para-hydroxylation sites is 2. The van der Waals surface area contributed by atoms with Crippen molar-refractivity contribution in [2.24, 2.45) is 0 Å². The number of methoxy groups -OCH3 is 1. The highest BCUT2D eigenvalue weighted by molar-refractivity contribution is 5.95. The largest absolute Gasteiger partial charge is 0.378 e. The first kappa shape index (κ1) is 23.5. The van der Waals surface area contributed by atoms with Crippen LogP contribution in [0.3, 0.4) is 0 Å². The second kappa shape index (κ2) is 10.2. The van der Waals surface area contributed by atoms with Gasteiger partial charge in [-0.3, -0.25) is 9.59 Å². The summed E-state index contributed by atoms with van der Waals surface area (Å²) < 4.78 is 7.45. The Hall–Kier alpha value is -4.23. The van der Waals surface area contributed by atoms with Crippen LogP contribution < -0.4 is 10.7 Å². The van der Waals surface area contributed by atoms with Crippen molar-refractivity contribution < 1.29 is 9.53 Å². The van der Waals surface area contributed by atoms with Gasteiger partial charge in [0, 0.05) is 38.4 Å². The number of nitrogens with zero attached hydrogens (tertiary/aromatic N) is 2. The monoisotopic (exact) mass is 480 g/mol. The fourth-order valence-corrected chi connectivity index (χ4v) is 4.69. The molecule has 1 amide bonds. The predicted octanol–water partition coefficient (Wildman–Crippen LogP) is 4.35. The van der Waals surface area contributed by atoms with Crippen LogP contribution in [-0.4, -0.2) is 34.1 Å². The average Bonchev–Trinajstić information content (AvgIpc) is 3.29. The predicted molar refractivity (Wildman–Crippen MR) is 141 cm³/mol. The lowest BCUT2D eigenvalue weighted by atomic mass is 10.0. The molecule has 36 heavy (non-hydrogen) atoms. The molecule has 2 N–H and O–H groups in total. The van der Waals surface area contributed by atoms with E-state index in [0.717, 1.165) is 38.9 Å². The van der Waals surface area contributed by atoms with Gasteiger partial charge in [-0.1, -0.05) is 54.6 Å². The average molecular weight is 481 g/mol. The minimum absolute atomic E-state index is 0.118. The smallest absolute Gasteiger partial charge is 0.257 e. The van der Waals surface area contributed by atoms with Gasteiger partial charge in [0.2, 0.25) is 0 Å². The first-order valence-electron chi connectivity index (χ1n) is 12.0. The van der Waals surface area contributed by atoms with Crippen LogP contribution in [0.2, 0.25) is 0 Å². The van der Waals surface area contributed by atoms with E-state index in [-0.39, 0.29) is 17.6 Å². The molecule has 0 aliphatic rings. The van der Waals surface area contributed by atoms with Crippen LogP contribution in [0, 0.1) is 6.92 Å². The maximum atomic E-state index is 13.2. The number of rotatable bonds is 8. The van der Waals surface area contributed by atoms with Gasteiger partial charge in [0.25, 0.3) is 5.91 Å². The molecule has 5 rings (SSSR count). The molecule has 2 aromatic heterocycles. The second-order valence-corrected chi connectivity index (χ2v) is 8.84. The Bertz CT molecular complexity index is 1580. The van der Waals surface area contributed by atoms with Crippen LogP contribution in [0.25, 0.3) is 21.8 Å². The number of aromatic nitrogens is 3. The van der Waals surface area contributed by atoms with Crippen molar-refractivity contribution in [3.05, 3.63) is 111 Å². The van der Waals surface area contributed by atoms with Crippen molar-refractivity contribution in [2.45, 2.75) is 26.5 Å². The highest BCUT2D eigenvalue weighted by Gasteiger charge is 2.21. The van der Waals surface area contributed by atoms with Crippen molar-refractivity contribution in [2.75, 3.05) is 13.7 Å². The molecule has 0 aliphatic heterocycles. The number of fused-ring (bicyclic) bond motifs is 2. The van der Waals surface area contributed by atoms with Crippen LogP contribution in [0.15, 0.2) is 77.6 Å². The Kier molecular flexibility index (Phi) is 6.64. The molecule has 0 saturated heterocycles. The summed E-state index contributed by atoms with van der Waals surface area (Å²) in [6.45, 7) is 2.90. The van der Waals surface area contributed by atoms with Gasteiger partial charge >= 0.3 is 0 Å². The molecule has 182 valence electrons. The van der Waals surface area contributed by atoms with Crippen LogP contribution in [0.5, 0.6) is 0 Å². The second-order valence-electron chi connectivity index (χ2n) is 8.84. The Labute approximate surface area is 208 Å². The third-order valence-electron chi connectivity index (χ3n) is 6.43. The fraction of sp³-hybridized carbons (Fsp3) is 0.207. The van der Waals surface area contributed by atoms with Crippen molar-refractivity contribution >= 4 is 27.7 Å². The number of carbonyl (C=O) groups is 1. The minimum Gasteiger partial charge on any atom is -0.378 e. The Morgan fingerprint density at radius 2 is 1.83 bits per heavy atom. The van der Waals surface area contributed by atoms with Crippen LogP contribution in [0.4, 0.5) is 0 Å². The summed E-state index contributed by atoms with van der Waals surface area (Å²) >= 11 is 0. The van der Waals surface area contributed by atoms with Crippen LogP contribution in [-0.2, 0) is 24.3 Å². The number of carbonyl (C=O) groups excluding carboxylic acids is 1. The van der Waals surface area contributed by atoms with Gasteiger partial charge in [-0.2, -0.15) is 0 Å². The molecule has 0 bridgehead atoms. The lowest BCUT2D eigenvalue weighted by molar-refractivity contribution is 0.0945. The number of ether oxygens (including phenoxy) is 1. The molecule has 0 aliphatic carbocycles. The zero-order valence-corrected chi connectivity index (χ0v) is 20.4. The molecule has 0 unspecified atom stereocenters. The molecule has 7 nitrogen and oxygen atoms in total. The van der Waals surface area contributed by atoms with E-state index in [1.54, 1.807) is 7.11 Å². The van der Waals surface area contributed by atoms with Crippen molar-refractivity contribution in [3.63, 3.8) is 0 Å². The zero-order chi connectivity index (χ0) is 25.1. The number of H-pyrrole nitrogens is 1. The Morgan fingerprint density at radius 3 is 2.67 bits per heavy atom. The Balaban J connectivity index is 1.43. The number of imidazole rings is 1. The molecule has 3 aromatic carbocycles. The van der Waals surface area contributed by atoms with Crippen molar-refractivity contribution in [3.8, 4) is 0 Å². The molecule has 0 fully saturated rings. The summed E-state index contributed by atoms with van der Waals surface area (Å²) in [6, 6.07) is 23.7. The zero-order valence-electron chi connectivity index (χ0n) is 20.4. The van der Waals surface area contributed by atoms with Gasteiger partial charge in [-0.25, -0.2) is 4.98 Å². The number of benzene rings is 3. The molecule has 0 radical (unpaired) electrons. The molecule has 0 saturated carbocycles. The standard InChI is InChI=1S/C29H28N4O3/c1-19-16-26(34)28(29(35)30-15-14-27-31-23-12-5-6-13-24(23)32-27)25(18-36-2)33(19)17-21-10-7-9-20-8-3-4-11-22(20)21/h3-13,16H,14-15,17-18H2,1-2H3,(H,30,35)(H,31,32). The molecular weight excluding hydrogens is 452 g/mol. The lowest BCUT2D eigenvalue weighted by Crippen LogP contribution is -2.34. The van der Waals surface area contributed by atoms with Crippen LogP contribution >= 0.6 is 0 Å². The normalized spacial score (nSPS) is 11.3. The summed E-state index contributed by atoms with van der Waals surface area (Å²) in [4.78, 5) is 34.1. The van der Waals surface area contributed by atoms with E-state index in [4.69, 9.17) is 4.74 Å². The molecule has 7 heteroatoms. The quantitative estimate of drug-likeness (QED) is 0.346. The van der Waals surface area contributed by atoms with E-state index in [1.807, 2.05) is 54.0 Å². The van der Waals surface area contributed by atoms with E-state index in [0.29, 0.717) is 25.2 Å². The van der Waals surface area contributed by atoms with E-state index >= 15 is 0 Å². The Morgan fingerprint density at radius 1 is 1.06 bits per heavy atom. The third kappa shape index (κ3) is 4.65. The number of hydrogen-bond acceptors (Lipinski definition) is 4. The number of aromatic amines is 1. The number of aryl methyl sites for hydroxylation is 1. The first-order chi connectivity index (χ1) is 17.5. The maximum Gasteiger partial charge on any atom is 0.257 e. The van der Waals surface area contributed by atoms with Gasteiger partial charge in [-0.05, 0) is 35.4 Å². The number of hydrogen-bond donors (Lipinski definition) is 2. The molecular formula is C29H28N4O3. The van der Waals surface area contributed by atoms with E-state index in [2.05, 4.69) is 39.6 Å². The highest BCUT2D eigenvalue weighted by Crippen LogP contribution is 2.21. The number of amides is 1. The summed E-state index contributed by atoms with van der Waals surface area (Å²) in [6.07, 6.45) is 0.524. The van der Waals surface area contributed by atoms with E-state index < -0.39 is 5.91 Å². The molecule has 0 atom stereocenters. The minimum atomic E-state index is -0.408. The molecule has 5 aromatic rings. The van der Waals surface area contributed by atoms with Gasteiger partial charge in [0.15, 0.2) is 5.43 Å². The van der Waals surface area contributed by atoms with Crippen molar-refractivity contribution in [1.29, 1.82) is 0 Å². The maximum absolute atomic E-state index is 13.2. The van der Waals surface area contributed by atoms with Gasteiger partial charge in [-0.15, -0.1) is 0 Å². The number of nitrogens with one attached hydrogen (secondary N) is 2. The summed E-state index contributed by atoms with van der Waals surface area (Å²) in [5.41, 5.74) is 4.10. The van der Waals surface area contributed by atoms with E-state index in [9.17, 15) is 9.59 Å². The van der Waals surface area contributed by atoms with Crippen molar-refractivity contribution in [1.82, 2.24) is 19.9 Å². The third-order valence-corrected chi connectivity index (χ3v) is 6.43. The molecule has 0 spiro atoms. The van der Waals surface area contributed by atoms with Gasteiger partial charge in [0.05, 0.1) is 23.3 Å². The fourth-order valence-electron chi connectivity index (χ4n) is 4.69. The first-order valence-corrected chi connectivity index (χ1v) is 12.0. The SMILES string of the molecule is COCc1c(C(=O)NCCc2nc3ccccc3[nH]2)c(=O)cc(C)n1Cc1cccc2ccccc12. The number of pyridine rings is 1. The van der Waals surface area contributed by atoms with Gasteiger partial charge in [0.1, 0.15) is 11.4 Å². The highest BCUT2D eigenvalue weighted by atomic mass is 16.5. The summed E-state index contributed by atoms with van der Waals surface area (Å²) in [5.74, 6) is 0.376.